The third-order valence-corrected chi connectivity index (χ3v) is 5.44. The topological polar surface area (TPSA) is 58.6 Å². The Kier molecular flexibility index (Phi) is 4.84. The maximum Gasteiger partial charge on any atom is 0.209 e. The highest BCUT2D eigenvalue weighted by molar-refractivity contribution is 7.99. The summed E-state index contributed by atoms with van der Waals surface area (Å²) in [4.78, 5) is 16.8. The van der Waals surface area contributed by atoms with Crippen LogP contribution in [0.5, 0.6) is 0 Å². The van der Waals surface area contributed by atoms with Gasteiger partial charge in [-0.15, -0.1) is 5.10 Å². The van der Waals surface area contributed by atoms with Crippen LogP contribution in [-0.4, -0.2) is 26.7 Å². The molecule has 1 N–H and O–H groups in total. The van der Waals surface area contributed by atoms with Gasteiger partial charge < -0.3 is 0 Å². The molecule has 1 heterocycles. The molecular weight excluding hydrogens is 349 g/mol. The smallest absolute Gasteiger partial charge is 0.209 e. The molecule has 0 spiro atoms. The first-order valence-electron chi connectivity index (χ1n) is 8.66. The van der Waals surface area contributed by atoms with E-state index >= 15 is 0 Å². The van der Waals surface area contributed by atoms with Gasteiger partial charge in [0.05, 0.1) is 11.3 Å². The quantitative estimate of drug-likeness (QED) is 0.534. The fourth-order valence-corrected chi connectivity index (χ4v) is 3.90. The van der Waals surface area contributed by atoms with Crippen LogP contribution in [0.4, 0.5) is 4.39 Å². The Hall–Kier alpha value is -2.47. The molecule has 0 radical (unpaired) electrons. The van der Waals surface area contributed by atoms with Gasteiger partial charge in [0.15, 0.2) is 11.6 Å². The average molecular weight is 367 g/mol. The summed E-state index contributed by atoms with van der Waals surface area (Å²) < 4.78 is 13.8. The monoisotopic (exact) mass is 367 g/mol. The Bertz CT molecular complexity index is 954. The molecule has 0 atom stereocenters. The number of aryl methyl sites for hydroxylation is 2. The molecule has 0 saturated carbocycles. The summed E-state index contributed by atoms with van der Waals surface area (Å²) in [6, 6.07) is 12.4. The number of ketones is 1. The highest BCUT2D eigenvalue weighted by atomic mass is 32.2. The lowest BCUT2D eigenvalue weighted by Gasteiger charge is -2.16. The van der Waals surface area contributed by atoms with Crippen molar-refractivity contribution in [3.8, 4) is 11.4 Å². The van der Waals surface area contributed by atoms with Crippen molar-refractivity contribution in [3.63, 3.8) is 0 Å². The lowest BCUT2D eigenvalue weighted by molar-refractivity contribution is 0.102. The number of hydrogen-bond donors (Lipinski definition) is 1. The van der Waals surface area contributed by atoms with Crippen LogP contribution >= 0.6 is 11.8 Å². The van der Waals surface area contributed by atoms with Crippen molar-refractivity contribution in [1.29, 1.82) is 0 Å². The lowest BCUT2D eigenvalue weighted by Crippen LogP contribution is -2.07. The molecule has 1 aromatic heterocycles. The predicted octanol–water partition coefficient (Wildman–Crippen LogP) is 4.46. The molecule has 132 valence electrons. The van der Waals surface area contributed by atoms with Gasteiger partial charge in [-0.25, -0.2) is 9.37 Å². The molecule has 4 nitrogen and oxygen atoms in total. The minimum atomic E-state index is -0.356. The van der Waals surface area contributed by atoms with E-state index in [1.54, 1.807) is 18.2 Å². The number of Topliss-reactive ketones (excluding diaryl/α,β-unsaturated/α-hetero) is 1. The van der Waals surface area contributed by atoms with Crippen LogP contribution in [0.1, 0.15) is 34.3 Å². The molecular formula is C20H18FN3OS. The van der Waals surface area contributed by atoms with E-state index in [2.05, 4.69) is 21.2 Å². The minimum Gasteiger partial charge on any atom is -0.293 e. The summed E-state index contributed by atoms with van der Waals surface area (Å²) in [5.74, 6) is 0.325. The maximum atomic E-state index is 13.8. The molecule has 0 aliphatic heterocycles. The van der Waals surface area contributed by atoms with E-state index in [1.165, 1.54) is 41.8 Å². The number of carbonyl (C=O) groups is 1. The largest absolute Gasteiger partial charge is 0.293 e. The van der Waals surface area contributed by atoms with Gasteiger partial charge >= 0.3 is 0 Å². The summed E-state index contributed by atoms with van der Waals surface area (Å²) in [5.41, 5.74) is 3.77. The summed E-state index contributed by atoms with van der Waals surface area (Å²) in [5, 5.41) is 7.25. The Labute approximate surface area is 155 Å². The van der Waals surface area contributed by atoms with Crippen LogP contribution < -0.4 is 0 Å². The van der Waals surface area contributed by atoms with Gasteiger partial charge in [-0.05, 0) is 55.0 Å². The fourth-order valence-electron chi connectivity index (χ4n) is 3.20. The molecule has 4 rings (SSSR count). The van der Waals surface area contributed by atoms with E-state index in [0.717, 1.165) is 18.4 Å². The second-order valence-electron chi connectivity index (χ2n) is 6.35. The predicted molar refractivity (Wildman–Crippen MR) is 99.9 cm³/mol. The molecule has 3 aromatic rings. The van der Waals surface area contributed by atoms with E-state index in [1.807, 2.05) is 12.1 Å². The Balaban J connectivity index is 1.43. The van der Waals surface area contributed by atoms with Crippen LogP contribution in [0, 0.1) is 5.82 Å². The number of benzene rings is 2. The number of carbonyl (C=O) groups excluding carboxylic acids is 1. The molecule has 0 amide bonds. The SMILES string of the molecule is O=C(CSc1n[nH]c(-c2ccccc2F)n1)c1ccc2c(c1)CCCC2. The zero-order chi connectivity index (χ0) is 17.9. The maximum absolute atomic E-state index is 13.8. The first kappa shape index (κ1) is 17.0. The van der Waals surface area contributed by atoms with Gasteiger partial charge in [0.1, 0.15) is 5.82 Å². The van der Waals surface area contributed by atoms with Crippen molar-refractivity contribution in [2.45, 2.75) is 30.8 Å². The summed E-state index contributed by atoms with van der Waals surface area (Å²) in [7, 11) is 0. The molecule has 0 saturated heterocycles. The van der Waals surface area contributed by atoms with Crippen LogP contribution in [0.3, 0.4) is 0 Å². The third kappa shape index (κ3) is 3.55. The number of fused-ring (bicyclic) bond motifs is 1. The van der Waals surface area contributed by atoms with Crippen molar-refractivity contribution in [1.82, 2.24) is 15.2 Å². The zero-order valence-corrected chi connectivity index (χ0v) is 15.0. The molecule has 2 aromatic carbocycles. The third-order valence-electron chi connectivity index (χ3n) is 4.60. The van der Waals surface area contributed by atoms with E-state index in [0.29, 0.717) is 16.5 Å². The summed E-state index contributed by atoms with van der Waals surface area (Å²) in [6.07, 6.45) is 4.58. The first-order valence-corrected chi connectivity index (χ1v) is 9.64. The van der Waals surface area contributed by atoms with Gasteiger partial charge in [-0.2, -0.15) is 0 Å². The summed E-state index contributed by atoms with van der Waals surface area (Å²) >= 11 is 1.26. The number of nitrogens with one attached hydrogen (secondary N) is 1. The average Bonchev–Trinajstić information content (AvgIpc) is 3.15. The highest BCUT2D eigenvalue weighted by Crippen LogP contribution is 2.25. The van der Waals surface area contributed by atoms with Gasteiger partial charge in [-0.1, -0.05) is 36.0 Å². The number of rotatable bonds is 5. The molecule has 1 aliphatic carbocycles. The lowest BCUT2D eigenvalue weighted by atomic mass is 9.90. The summed E-state index contributed by atoms with van der Waals surface area (Å²) in [6.45, 7) is 0. The molecule has 1 aliphatic rings. The van der Waals surface area contributed by atoms with Crippen molar-refractivity contribution in [3.05, 3.63) is 65.0 Å². The highest BCUT2D eigenvalue weighted by Gasteiger charge is 2.15. The van der Waals surface area contributed by atoms with Gasteiger partial charge in [0, 0.05) is 5.56 Å². The second-order valence-corrected chi connectivity index (χ2v) is 7.29. The minimum absolute atomic E-state index is 0.0561. The van der Waals surface area contributed by atoms with Crippen LogP contribution in [0.15, 0.2) is 47.6 Å². The van der Waals surface area contributed by atoms with E-state index < -0.39 is 0 Å². The fraction of sp³-hybridized carbons (Fsp3) is 0.250. The zero-order valence-electron chi connectivity index (χ0n) is 14.2. The van der Waals surface area contributed by atoms with Crippen molar-refractivity contribution < 1.29 is 9.18 Å². The number of hydrogen-bond acceptors (Lipinski definition) is 4. The molecule has 0 bridgehead atoms. The Morgan fingerprint density at radius 2 is 1.92 bits per heavy atom. The van der Waals surface area contributed by atoms with Crippen LogP contribution in [-0.2, 0) is 12.8 Å². The number of aromatic amines is 1. The van der Waals surface area contributed by atoms with Gasteiger partial charge in [-0.3, -0.25) is 9.89 Å². The normalized spacial score (nSPS) is 13.4. The number of aromatic nitrogens is 3. The molecule has 0 fully saturated rings. The molecule has 26 heavy (non-hydrogen) atoms. The van der Waals surface area contributed by atoms with Crippen LogP contribution in [0.2, 0.25) is 0 Å². The first-order chi connectivity index (χ1) is 12.7. The van der Waals surface area contributed by atoms with Crippen molar-refractivity contribution in [2.75, 3.05) is 5.75 Å². The Morgan fingerprint density at radius 3 is 2.77 bits per heavy atom. The van der Waals surface area contributed by atoms with Gasteiger partial charge in [0.25, 0.3) is 0 Å². The van der Waals surface area contributed by atoms with E-state index in [-0.39, 0.29) is 17.4 Å². The van der Waals surface area contributed by atoms with Crippen LogP contribution in [0.25, 0.3) is 11.4 Å². The number of halogens is 1. The molecule has 6 heteroatoms. The van der Waals surface area contributed by atoms with E-state index in [4.69, 9.17) is 0 Å². The molecule has 0 unspecified atom stereocenters. The second kappa shape index (κ2) is 7.41. The van der Waals surface area contributed by atoms with Crippen molar-refractivity contribution >= 4 is 17.5 Å². The Morgan fingerprint density at radius 1 is 1.12 bits per heavy atom. The van der Waals surface area contributed by atoms with Gasteiger partial charge in [0.2, 0.25) is 5.16 Å². The number of H-pyrrole nitrogens is 1. The van der Waals surface area contributed by atoms with E-state index in [9.17, 15) is 9.18 Å². The van der Waals surface area contributed by atoms with Crippen molar-refractivity contribution in [2.24, 2.45) is 0 Å². The number of thioether (sulfide) groups is 1. The number of nitrogens with zero attached hydrogens (tertiary/aromatic N) is 2. The standard InChI is InChI=1S/C20H18FN3OS/c21-17-8-4-3-7-16(17)19-22-20(24-23-19)26-12-18(25)15-10-9-13-5-1-2-6-14(13)11-15/h3-4,7-11H,1-2,5-6,12H2,(H,22,23,24).